The van der Waals surface area contributed by atoms with Gasteiger partial charge in [0.1, 0.15) is 0 Å². The SMILES string of the molecule is C.CCCCNC(C)C. The summed E-state index contributed by atoms with van der Waals surface area (Å²) in [6, 6.07) is 0.654. The molecule has 0 amide bonds. The molecule has 0 atom stereocenters. The molecule has 0 radical (unpaired) electrons. The molecule has 1 nitrogen and oxygen atoms in total. The zero-order chi connectivity index (χ0) is 6.41. The lowest BCUT2D eigenvalue weighted by molar-refractivity contribution is 0.566. The van der Waals surface area contributed by atoms with Gasteiger partial charge in [-0.05, 0) is 13.0 Å². The third kappa shape index (κ3) is 11.5. The lowest BCUT2D eigenvalue weighted by Gasteiger charge is -2.05. The molecule has 0 aromatic heterocycles. The second-order valence-electron chi connectivity index (χ2n) is 2.46. The first-order valence-corrected chi connectivity index (χ1v) is 3.50. The molecule has 0 saturated carbocycles. The number of rotatable bonds is 4. The summed E-state index contributed by atoms with van der Waals surface area (Å²) in [6.07, 6.45) is 2.60. The molecule has 0 aromatic rings. The summed E-state index contributed by atoms with van der Waals surface area (Å²) in [6.45, 7) is 7.74. The Morgan fingerprint density at radius 3 is 2.22 bits per heavy atom. The fourth-order valence-electron chi connectivity index (χ4n) is 0.568. The van der Waals surface area contributed by atoms with E-state index in [1.807, 2.05) is 0 Å². The lowest BCUT2D eigenvalue weighted by atomic mass is 10.3. The molecule has 1 N–H and O–H groups in total. The highest BCUT2D eigenvalue weighted by atomic mass is 14.9. The normalized spacial score (nSPS) is 9.33. The molecule has 0 aromatic carbocycles. The lowest BCUT2D eigenvalue weighted by Crippen LogP contribution is -2.23. The van der Waals surface area contributed by atoms with Crippen LogP contribution in [0.15, 0.2) is 0 Å². The highest BCUT2D eigenvalue weighted by molar-refractivity contribution is 4.50. The predicted molar refractivity (Wildman–Crippen MR) is 44.8 cm³/mol. The van der Waals surface area contributed by atoms with Gasteiger partial charge >= 0.3 is 0 Å². The first-order chi connectivity index (χ1) is 3.77. The third-order valence-corrected chi connectivity index (χ3v) is 1.08. The van der Waals surface area contributed by atoms with Crippen LogP contribution in [-0.2, 0) is 0 Å². The Bertz CT molecular complexity index is 41.8. The average Bonchev–Trinajstić information content (AvgIpc) is 1.66. The van der Waals surface area contributed by atoms with E-state index in [0.29, 0.717) is 6.04 Å². The molecule has 0 aliphatic heterocycles. The van der Waals surface area contributed by atoms with Crippen LogP contribution < -0.4 is 5.32 Å². The maximum Gasteiger partial charge on any atom is 0.00103 e. The van der Waals surface area contributed by atoms with Crippen molar-refractivity contribution in [3.63, 3.8) is 0 Å². The maximum atomic E-state index is 3.35. The van der Waals surface area contributed by atoms with Crippen molar-refractivity contribution in [2.45, 2.75) is 47.1 Å². The van der Waals surface area contributed by atoms with E-state index >= 15 is 0 Å². The Morgan fingerprint density at radius 1 is 1.33 bits per heavy atom. The van der Waals surface area contributed by atoms with Gasteiger partial charge in [-0.15, -0.1) is 0 Å². The summed E-state index contributed by atoms with van der Waals surface area (Å²) in [4.78, 5) is 0. The molecular formula is C8H21N. The van der Waals surface area contributed by atoms with Crippen LogP contribution in [0.2, 0.25) is 0 Å². The van der Waals surface area contributed by atoms with E-state index in [0.717, 1.165) is 0 Å². The quantitative estimate of drug-likeness (QED) is 0.578. The third-order valence-electron chi connectivity index (χ3n) is 1.08. The summed E-state index contributed by atoms with van der Waals surface area (Å²) in [5.41, 5.74) is 0. The van der Waals surface area contributed by atoms with Gasteiger partial charge in [0.25, 0.3) is 0 Å². The van der Waals surface area contributed by atoms with Gasteiger partial charge in [0.2, 0.25) is 0 Å². The minimum Gasteiger partial charge on any atom is -0.315 e. The van der Waals surface area contributed by atoms with E-state index in [4.69, 9.17) is 0 Å². The van der Waals surface area contributed by atoms with Crippen molar-refractivity contribution in [1.82, 2.24) is 5.32 Å². The average molecular weight is 131 g/mol. The number of unbranched alkanes of at least 4 members (excludes halogenated alkanes) is 1. The fourth-order valence-corrected chi connectivity index (χ4v) is 0.568. The summed E-state index contributed by atoms with van der Waals surface area (Å²) >= 11 is 0. The van der Waals surface area contributed by atoms with Crippen LogP contribution in [-0.4, -0.2) is 12.6 Å². The Hall–Kier alpha value is -0.0400. The van der Waals surface area contributed by atoms with Gasteiger partial charge in [-0.2, -0.15) is 0 Å². The van der Waals surface area contributed by atoms with Crippen molar-refractivity contribution in [3.8, 4) is 0 Å². The Labute approximate surface area is 59.8 Å². The number of hydrogen-bond acceptors (Lipinski definition) is 1. The molecule has 9 heavy (non-hydrogen) atoms. The zero-order valence-electron chi connectivity index (χ0n) is 6.20. The van der Waals surface area contributed by atoms with Crippen molar-refractivity contribution in [3.05, 3.63) is 0 Å². The van der Waals surface area contributed by atoms with E-state index < -0.39 is 0 Å². The first-order valence-electron chi connectivity index (χ1n) is 3.50. The smallest absolute Gasteiger partial charge is 0.00103 e. The van der Waals surface area contributed by atoms with Gasteiger partial charge < -0.3 is 5.32 Å². The minimum absolute atomic E-state index is 0. The largest absolute Gasteiger partial charge is 0.315 e. The highest BCUT2D eigenvalue weighted by Crippen LogP contribution is 1.83. The molecule has 0 aliphatic rings. The van der Waals surface area contributed by atoms with E-state index in [9.17, 15) is 0 Å². The van der Waals surface area contributed by atoms with Crippen LogP contribution in [0.3, 0.4) is 0 Å². The van der Waals surface area contributed by atoms with E-state index in [1.165, 1.54) is 19.4 Å². The van der Waals surface area contributed by atoms with Crippen LogP contribution in [0, 0.1) is 0 Å². The summed E-state index contributed by atoms with van der Waals surface area (Å²) in [7, 11) is 0. The highest BCUT2D eigenvalue weighted by Gasteiger charge is 1.87. The molecule has 0 aliphatic carbocycles. The number of hydrogen-bond donors (Lipinski definition) is 1. The van der Waals surface area contributed by atoms with Gasteiger partial charge in [0.05, 0.1) is 0 Å². The van der Waals surface area contributed by atoms with Crippen molar-refractivity contribution in [2.24, 2.45) is 0 Å². The molecule has 1 heteroatoms. The Balaban J connectivity index is 0. The first kappa shape index (κ1) is 11.7. The molecule has 0 fully saturated rings. The molecule has 0 spiro atoms. The van der Waals surface area contributed by atoms with Gasteiger partial charge in [-0.3, -0.25) is 0 Å². The van der Waals surface area contributed by atoms with Crippen molar-refractivity contribution in [1.29, 1.82) is 0 Å². The molecule has 58 valence electrons. The van der Waals surface area contributed by atoms with Crippen LogP contribution >= 0.6 is 0 Å². The van der Waals surface area contributed by atoms with Gasteiger partial charge in [-0.1, -0.05) is 34.6 Å². The molecule has 0 rings (SSSR count). The Morgan fingerprint density at radius 2 is 1.89 bits per heavy atom. The van der Waals surface area contributed by atoms with E-state index in [2.05, 4.69) is 26.1 Å². The summed E-state index contributed by atoms with van der Waals surface area (Å²) < 4.78 is 0. The van der Waals surface area contributed by atoms with Gasteiger partial charge in [0, 0.05) is 6.04 Å². The second-order valence-corrected chi connectivity index (χ2v) is 2.46. The second kappa shape index (κ2) is 7.96. The standard InChI is InChI=1S/C7H17N.CH4/c1-4-5-6-8-7(2)3;/h7-8H,4-6H2,1-3H3;1H4. The molecule has 0 bridgehead atoms. The maximum absolute atomic E-state index is 3.35. The molecule has 0 heterocycles. The predicted octanol–water partition coefficient (Wildman–Crippen LogP) is 2.42. The molecule has 0 unspecified atom stereocenters. The van der Waals surface area contributed by atoms with Gasteiger partial charge in [-0.25, -0.2) is 0 Å². The number of nitrogens with one attached hydrogen (secondary N) is 1. The van der Waals surface area contributed by atoms with Gasteiger partial charge in [0.15, 0.2) is 0 Å². The van der Waals surface area contributed by atoms with Crippen molar-refractivity contribution < 1.29 is 0 Å². The van der Waals surface area contributed by atoms with Crippen LogP contribution in [0.1, 0.15) is 41.0 Å². The summed E-state index contributed by atoms with van der Waals surface area (Å²) in [5.74, 6) is 0. The van der Waals surface area contributed by atoms with Crippen molar-refractivity contribution in [2.75, 3.05) is 6.54 Å². The van der Waals surface area contributed by atoms with Crippen LogP contribution in [0.25, 0.3) is 0 Å². The minimum atomic E-state index is 0. The van der Waals surface area contributed by atoms with Crippen LogP contribution in [0.4, 0.5) is 0 Å². The molecular weight excluding hydrogens is 110 g/mol. The molecule has 0 saturated heterocycles. The Kier molecular flexibility index (Phi) is 10.4. The van der Waals surface area contributed by atoms with Crippen molar-refractivity contribution >= 4 is 0 Å². The topological polar surface area (TPSA) is 12.0 Å². The monoisotopic (exact) mass is 131 g/mol. The zero-order valence-corrected chi connectivity index (χ0v) is 6.20. The van der Waals surface area contributed by atoms with Crippen LogP contribution in [0.5, 0.6) is 0 Å². The van der Waals surface area contributed by atoms with E-state index in [-0.39, 0.29) is 7.43 Å². The van der Waals surface area contributed by atoms with E-state index in [1.54, 1.807) is 0 Å². The fraction of sp³-hybridized carbons (Fsp3) is 1.00. The summed E-state index contributed by atoms with van der Waals surface area (Å²) in [5, 5.41) is 3.35.